The van der Waals surface area contributed by atoms with Gasteiger partial charge in [0.15, 0.2) is 17.3 Å². The molecule has 3 rings (SSSR count). The number of rotatable bonds is 9. The van der Waals surface area contributed by atoms with Crippen molar-refractivity contribution in [1.29, 1.82) is 0 Å². The van der Waals surface area contributed by atoms with Gasteiger partial charge in [-0.2, -0.15) is 0 Å². The number of benzene rings is 2. The van der Waals surface area contributed by atoms with Crippen molar-refractivity contribution in [3.63, 3.8) is 0 Å². The van der Waals surface area contributed by atoms with Crippen LogP contribution in [0.15, 0.2) is 59.2 Å². The number of hydrogen-bond donors (Lipinski definition) is 2. The third-order valence-corrected chi connectivity index (χ3v) is 4.70. The normalized spacial score (nSPS) is 10.4. The fraction of sp³-hybridized carbons (Fsp3) is 0.200. The van der Waals surface area contributed by atoms with E-state index in [0.717, 1.165) is 0 Å². The summed E-state index contributed by atoms with van der Waals surface area (Å²) in [6, 6.07) is 12.7. The number of amides is 2. The van der Waals surface area contributed by atoms with Crippen LogP contribution in [0.5, 0.6) is 5.75 Å². The molecule has 8 nitrogen and oxygen atoms in total. The molecule has 0 unspecified atom stereocenters. The van der Waals surface area contributed by atoms with E-state index in [4.69, 9.17) is 9.15 Å². The fourth-order valence-corrected chi connectivity index (χ4v) is 3.24. The molecule has 0 bridgehead atoms. The predicted molar refractivity (Wildman–Crippen MR) is 123 cm³/mol. The van der Waals surface area contributed by atoms with Crippen LogP contribution < -0.4 is 15.4 Å². The number of carbonyl (C=O) groups is 4. The summed E-state index contributed by atoms with van der Waals surface area (Å²) in [4.78, 5) is 48.9. The Labute approximate surface area is 190 Å². The number of hydrogen-bond acceptors (Lipinski definition) is 6. The Bertz CT molecular complexity index is 1200. The van der Waals surface area contributed by atoms with Crippen LogP contribution >= 0.6 is 0 Å². The van der Waals surface area contributed by atoms with Crippen LogP contribution in [0.25, 0.3) is 0 Å². The Hall–Kier alpha value is -4.20. The molecule has 0 saturated heterocycles. The quantitative estimate of drug-likeness (QED) is 0.465. The molecule has 33 heavy (non-hydrogen) atoms. The SMILES string of the molecule is CCOc1ccc(C(C)=O)cc1CC(=O)c1cc(NC(C)=O)cc(NC(=O)c2ccco2)c1. The topological polar surface area (TPSA) is 115 Å². The highest BCUT2D eigenvalue weighted by Crippen LogP contribution is 2.25. The van der Waals surface area contributed by atoms with Gasteiger partial charge in [0.25, 0.3) is 5.91 Å². The van der Waals surface area contributed by atoms with Gasteiger partial charge >= 0.3 is 0 Å². The van der Waals surface area contributed by atoms with Gasteiger partial charge in [-0.3, -0.25) is 19.2 Å². The van der Waals surface area contributed by atoms with Crippen LogP contribution in [0.3, 0.4) is 0 Å². The standard InChI is InChI=1S/C25H24N2O6/c1-4-32-23-8-7-17(15(2)28)10-19(23)13-22(30)18-11-20(26-16(3)29)14-21(12-18)27-25(31)24-6-5-9-33-24/h5-12,14H,4,13H2,1-3H3,(H,26,29)(H,27,31). The second kappa shape index (κ2) is 10.4. The van der Waals surface area contributed by atoms with Crippen molar-refractivity contribution in [3.05, 3.63) is 77.2 Å². The Morgan fingerprint density at radius 1 is 0.909 bits per heavy atom. The smallest absolute Gasteiger partial charge is 0.291 e. The maximum absolute atomic E-state index is 13.2. The second-order valence-corrected chi connectivity index (χ2v) is 7.32. The van der Waals surface area contributed by atoms with Crippen molar-refractivity contribution in [1.82, 2.24) is 0 Å². The summed E-state index contributed by atoms with van der Waals surface area (Å²) in [5.74, 6) is -0.600. The van der Waals surface area contributed by atoms with Gasteiger partial charge in [0.05, 0.1) is 12.9 Å². The molecule has 2 aromatic carbocycles. The number of carbonyl (C=O) groups excluding carboxylic acids is 4. The largest absolute Gasteiger partial charge is 0.494 e. The molecule has 0 saturated carbocycles. The Morgan fingerprint density at radius 2 is 1.64 bits per heavy atom. The molecule has 170 valence electrons. The molecule has 1 heterocycles. The summed E-state index contributed by atoms with van der Waals surface area (Å²) in [6.07, 6.45) is 1.34. The first-order valence-electron chi connectivity index (χ1n) is 10.3. The van der Waals surface area contributed by atoms with Crippen LogP contribution in [-0.4, -0.2) is 30.0 Å². The van der Waals surface area contributed by atoms with Crippen LogP contribution in [0, 0.1) is 0 Å². The van der Waals surface area contributed by atoms with E-state index in [-0.39, 0.29) is 35.2 Å². The molecule has 0 radical (unpaired) electrons. The molecule has 3 aromatic rings. The molecule has 0 aliphatic rings. The average molecular weight is 448 g/mol. The van der Waals surface area contributed by atoms with E-state index in [9.17, 15) is 19.2 Å². The van der Waals surface area contributed by atoms with Crippen LogP contribution in [0.4, 0.5) is 11.4 Å². The number of Topliss-reactive ketones (excluding diaryl/α,β-unsaturated/α-hetero) is 2. The van der Waals surface area contributed by atoms with Crippen molar-refractivity contribution in [2.24, 2.45) is 0 Å². The van der Waals surface area contributed by atoms with E-state index in [2.05, 4.69) is 10.6 Å². The zero-order chi connectivity index (χ0) is 24.0. The highest BCUT2D eigenvalue weighted by Gasteiger charge is 2.17. The molecule has 0 spiro atoms. The summed E-state index contributed by atoms with van der Waals surface area (Å²) in [7, 11) is 0. The Balaban J connectivity index is 1.93. The van der Waals surface area contributed by atoms with Gasteiger partial charge in [0, 0.05) is 41.4 Å². The van der Waals surface area contributed by atoms with Crippen LogP contribution in [0.1, 0.15) is 57.6 Å². The highest BCUT2D eigenvalue weighted by atomic mass is 16.5. The predicted octanol–water partition coefficient (Wildman–Crippen LogP) is 4.52. The van der Waals surface area contributed by atoms with Gasteiger partial charge in [-0.15, -0.1) is 0 Å². The number of furan rings is 1. The molecule has 8 heteroatoms. The minimum Gasteiger partial charge on any atom is -0.494 e. The highest BCUT2D eigenvalue weighted by molar-refractivity contribution is 6.05. The lowest BCUT2D eigenvalue weighted by atomic mass is 9.98. The van der Waals surface area contributed by atoms with Crippen molar-refractivity contribution in [3.8, 4) is 5.75 Å². The molecular formula is C25H24N2O6. The van der Waals surface area contributed by atoms with E-state index in [1.807, 2.05) is 6.92 Å². The Kier molecular flexibility index (Phi) is 7.40. The van der Waals surface area contributed by atoms with Crippen molar-refractivity contribution >= 4 is 34.8 Å². The monoisotopic (exact) mass is 448 g/mol. The van der Waals surface area contributed by atoms with E-state index >= 15 is 0 Å². The van der Waals surface area contributed by atoms with Crippen LogP contribution in [-0.2, 0) is 11.2 Å². The first-order chi connectivity index (χ1) is 15.8. The van der Waals surface area contributed by atoms with Gasteiger partial charge in [0.2, 0.25) is 5.91 Å². The summed E-state index contributed by atoms with van der Waals surface area (Å²) < 4.78 is 10.7. The fourth-order valence-electron chi connectivity index (χ4n) is 3.24. The van der Waals surface area contributed by atoms with E-state index in [0.29, 0.717) is 34.9 Å². The minimum atomic E-state index is -0.494. The Morgan fingerprint density at radius 3 is 2.24 bits per heavy atom. The number of anilines is 2. The molecule has 0 aliphatic carbocycles. The lowest BCUT2D eigenvalue weighted by Crippen LogP contribution is -2.14. The van der Waals surface area contributed by atoms with Crippen molar-refractivity contribution in [2.45, 2.75) is 27.2 Å². The van der Waals surface area contributed by atoms with Gasteiger partial charge in [-0.25, -0.2) is 0 Å². The molecule has 2 amide bonds. The van der Waals surface area contributed by atoms with E-state index in [1.54, 1.807) is 30.3 Å². The zero-order valence-electron chi connectivity index (χ0n) is 18.6. The van der Waals surface area contributed by atoms with Crippen molar-refractivity contribution in [2.75, 3.05) is 17.2 Å². The second-order valence-electron chi connectivity index (χ2n) is 7.32. The maximum atomic E-state index is 13.2. The van der Waals surface area contributed by atoms with Crippen LogP contribution in [0.2, 0.25) is 0 Å². The molecule has 0 aliphatic heterocycles. The van der Waals surface area contributed by atoms with E-state index < -0.39 is 5.91 Å². The first kappa shape index (κ1) is 23.5. The molecule has 0 atom stereocenters. The maximum Gasteiger partial charge on any atom is 0.291 e. The summed E-state index contributed by atoms with van der Waals surface area (Å²) in [5, 5.41) is 5.30. The summed E-state index contributed by atoms with van der Waals surface area (Å²) in [6.45, 7) is 5.03. The lowest BCUT2D eigenvalue weighted by molar-refractivity contribution is -0.114. The third kappa shape index (κ3) is 6.16. The molecule has 0 fully saturated rings. The molecular weight excluding hydrogens is 424 g/mol. The lowest BCUT2D eigenvalue weighted by Gasteiger charge is -2.13. The minimum absolute atomic E-state index is 0.0362. The summed E-state index contributed by atoms with van der Waals surface area (Å²) in [5.41, 5.74) is 1.98. The van der Waals surface area contributed by atoms with E-state index in [1.165, 1.54) is 38.3 Å². The summed E-state index contributed by atoms with van der Waals surface area (Å²) >= 11 is 0. The van der Waals surface area contributed by atoms with Gasteiger partial charge < -0.3 is 19.8 Å². The number of nitrogens with one attached hydrogen (secondary N) is 2. The zero-order valence-corrected chi connectivity index (χ0v) is 18.6. The van der Waals surface area contributed by atoms with Crippen molar-refractivity contribution < 1.29 is 28.3 Å². The first-order valence-corrected chi connectivity index (χ1v) is 10.3. The number of ether oxygens (including phenoxy) is 1. The molecule has 2 N–H and O–H groups in total. The third-order valence-electron chi connectivity index (χ3n) is 4.70. The van der Waals surface area contributed by atoms with Gasteiger partial charge in [-0.1, -0.05) is 0 Å². The van der Waals surface area contributed by atoms with Gasteiger partial charge in [-0.05, 0) is 62.4 Å². The average Bonchev–Trinajstić information content (AvgIpc) is 3.29. The molecule has 1 aromatic heterocycles. The van der Waals surface area contributed by atoms with Gasteiger partial charge in [0.1, 0.15) is 5.75 Å². The number of ketones is 2.